The standard InChI is InChI=1S/C24H19F2N7O3/c25-24(26)36-20-7-6-16(35-15-4-2-14(11-27)3-5-15)10-17(20)21-19(13-29-32-21)31-23(34)18-12-30-33-9-1-8-28-22(18)33/h1-10,12-13,24H,11,27H2,(H,29,32)(H,31,34). The Hall–Kier alpha value is -4.84. The number of fused-ring (bicyclic) bond motifs is 1. The summed E-state index contributed by atoms with van der Waals surface area (Å²) in [7, 11) is 0. The molecule has 0 aliphatic carbocycles. The Labute approximate surface area is 202 Å². The number of alkyl halides is 2. The molecular weight excluding hydrogens is 472 g/mol. The topological polar surface area (TPSA) is 132 Å². The number of rotatable bonds is 8. The van der Waals surface area contributed by atoms with Crippen LogP contribution in [0.25, 0.3) is 16.9 Å². The molecule has 0 unspecified atom stereocenters. The van der Waals surface area contributed by atoms with Crippen molar-refractivity contribution in [2.75, 3.05) is 5.32 Å². The third kappa shape index (κ3) is 4.70. The Morgan fingerprint density at radius 3 is 2.75 bits per heavy atom. The highest BCUT2D eigenvalue weighted by atomic mass is 19.3. The summed E-state index contributed by atoms with van der Waals surface area (Å²) < 4.78 is 38.3. The number of nitrogens with zero attached hydrogens (tertiary/aromatic N) is 4. The lowest BCUT2D eigenvalue weighted by molar-refractivity contribution is -0.0494. The molecule has 0 spiro atoms. The van der Waals surface area contributed by atoms with Gasteiger partial charge in [0.1, 0.15) is 28.5 Å². The van der Waals surface area contributed by atoms with Crippen LogP contribution in [0, 0.1) is 0 Å². The van der Waals surface area contributed by atoms with Gasteiger partial charge in [-0.15, -0.1) is 0 Å². The summed E-state index contributed by atoms with van der Waals surface area (Å²) >= 11 is 0. The van der Waals surface area contributed by atoms with Gasteiger partial charge in [-0.25, -0.2) is 9.50 Å². The number of aromatic amines is 1. The largest absolute Gasteiger partial charge is 0.457 e. The molecule has 3 aromatic heterocycles. The summed E-state index contributed by atoms with van der Waals surface area (Å²) in [6.07, 6.45) is 6.01. The normalized spacial score (nSPS) is 11.1. The lowest BCUT2D eigenvalue weighted by atomic mass is 10.1. The van der Waals surface area contributed by atoms with Crippen molar-refractivity contribution in [2.45, 2.75) is 13.2 Å². The number of H-pyrrole nitrogens is 1. The second-order valence-corrected chi connectivity index (χ2v) is 7.53. The first-order valence-corrected chi connectivity index (χ1v) is 10.7. The Kier molecular flexibility index (Phi) is 6.24. The average Bonchev–Trinajstić information content (AvgIpc) is 3.52. The number of carbonyl (C=O) groups is 1. The van der Waals surface area contributed by atoms with Gasteiger partial charge in [-0.05, 0) is 42.0 Å². The number of benzene rings is 2. The Bertz CT molecular complexity index is 1520. The molecule has 12 heteroatoms. The zero-order chi connectivity index (χ0) is 25.1. The van der Waals surface area contributed by atoms with Crippen molar-refractivity contribution in [3.05, 3.63) is 84.4 Å². The quantitative estimate of drug-likeness (QED) is 0.296. The number of anilines is 1. The van der Waals surface area contributed by atoms with Gasteiger partial charge >= 0.3 is 6.61 Å². The third-order valence-electron chi connectivity index (χ3n) is 5.23. The second-order valence-electron chi connectivity index (χ2n) is 7.53. The van der Waals surface area contributed by atoms with E-state index in [1.807, 2.05) is 12.1 Å². The first-order valence-electron chi connectivity index (χ1n) is 10.7. The maximum Gasteiger partial charge on any atom is 0.387 e. The van der Waals surface area contributed by atoms with Crippen LogP contribution < -0.4 is 20.5 Å². The van der Waals surface area contributed by atoms with Gasteiger partial charge in [0.25, 0.3) is 5.91 Å². The van der Waals surface area contributed by atoms with Crippen LogP contribution in [0.4, 0.5) is 14.5 Å². The highest BCUT2D eigenvalue weighted by Gasteiger charge is 2.21. The average molecular weight is 491 g/mol. The van der Waals surface area contributed by atoms with Crippen LogP contribution in [0.15, 0.2) is 73.3 Å². The number of aromatic nitrogens is 5. The summed E-state index contributed by atoms with van der Waals surface area (Å²) in [5.74, 6) is 0.224. The minimum Gasteiger partial charge on any atom is -0.457 e. The summed E-state index contributed by atoms with van der Waals surface area (Å²) in [4.78, 5) is 17.1. The molecule has 3 heterocycles. The maximum atomic E-state index is 13.1. The van der Waals surface area contributed by atoms with E-state index in [0.717, 1.165) is 5.56 Å². The van der Waals surface area contributed by atoms with Crippen LogP contribution in [0.3, 0.4) is 0 Å². The highest BCUT2D eigenvalue weighted by Crippen LogP contribution is 2.38. The molecule has 36 heavy (non-hydrogen) atoms. The van der Waals surface area contributed by atoms with Gasteiger partial charge < -0.3 is 20.5 Å². The van der Waals surface area contributed by atoms with Gasteiger partial charge in [0, 0.05) is 25.1 Å². The Morgan fingerprint density at radius 2 is 1.97 bits per heavy atom. The number of hydrogen-bond acceptors (Lipinski definition) is 7. The molecule has 5 aromatic rings. The molecule has 2 aromatic carbocycles. The van der Waals surface area contributed by atoms with E-state index < -0.39 is 12.5 Å². The fourth-order valence-corrected chi connectivity index (χ4v) is 3.55. The van der Waals surface area contributed by atoms with Gasteiger partial charge in [-0.2, -0.15) is 19.0 Å². The zero-order valence-electron chi connectivity index (χ0n) is 18.6. The number of halogens is 2. The first-order chi connectivity index (χ1) is 17.5. The number of nitrogens with one attached hydrogen (secondary N) is 2. The molecule has 0 aliphatic heterocycles. The minimum absolute atomic E-state index is 0.143. The van der Waals surface area contributed by atoms with E-state index in [0.29, 0.717) is 23.7 Å². The van der Waals surface area contributed by atoms with Crippen molar-refractivity contribution < 1.29 is 23.0 Å². The van der Waals surface area contributed by atoms with Crippen molar-refractivity contribution in [2.24, 2.45) is 5.73 Å². The molecule has 0 fully saturated rings. The molecule has 0 saturated heterocycles. The molecule has 0 radical (unpaired) electrons. The van der Waals surface area contributed by atoms with E-state index in [1.54, 1.807) is 30.6 Å². The molecule has 5 rings (SSSR count). The lowest BCUT2D eigenvalue weighted by Gasteiger charge is -2.13. The van der Waals surface area contributed by atoms with E-state index >= 15 is 0 Å². The zero-order valence-corrected chi connectivity index (χ0v) is 18.6. The molecule has 0 atom stereocenters. The Morgan fingerprint density at radius 1 is 1.17 bits per heavy atom. The smallest absolute Gasteiger partial charge is 0.387 e. The second kappa shape index (κ2) is 9.80. The van der Waals surface area contributed by atoms with Crippen molar-refractivity contribution in [3.63, 3.8) is 0 Å². The number of hydrogen-bond donors (Lipinski definition) is 3. The number of carbonyl (C=O) groups excluding carboxylic acids is 1. The highest BCUT2D eigenvalue weighted by molar-refractivity contribution is 6.09. The van der Waals surface area contributed by atoms with E-state index in [2.05, 4.69) is 25.6 Å². The lowest BCUT2D eigenvalue weighted by Crippen LogP contribution is -2.12. The van der Waals surface area contributed by atoms with Crippen LogP contribution >= 0.6 is 0 Å². The summed E-state index contributed by atoms with van der Waals surface area (Å²) in [5.41, 5.74) is 7.73. The van der Waals surface area contributed by atoms with E-state index in [9.17, 15) is 13.6 Å². The van der Waals surface area contributed by atoms with Crippen molar-refractivity contribution in [3.8, 4) is 28.5 Å². The summed E-state index contributed by atoms with van der Waals surface area (Å²) in [6.45, 7) is -2.68. The molecular formula is C24H19F2N7O3. The van der Waals surface area contributed by atoms with E-state index in [-0.39, 0.29) is 28.3 Å². The van der Waals surface area contributed by atoms with Crippen LogP contribution in [0.5, 0.6) is 17.2 Å². The number of amides is 1. The fraction of sp³-hybridized carbons (Fsp3) is 0.0833. The van der Waals surface area contributed by atoms with E-state index in [4.69, 9.17) is 15.2 Å². The van der Waals surface area contributed by atoms with Crippen molar-refractivity contribution in [1.29, 1.82) is 0 Å². The van der Waals surface area contributed by atoms with Gasteiger partial charge in [-0.1, -0.05) is 12.1 Å². The summed E-state index contributed by atoms with van der Waals surface area (Å²) in [5, 5.41) is 13.6. The number of nitrogens with two attached hydrogens (primary N) is 1. The monoisotopic (exact) mass is 491 g/mol. The molecule has 182 valence electrons. The molecule has 0 bridgehead atoms. The molecule has 1 amide bonds. The molecule has 4 N–H and O–H groups in total. The minimum atomic E-state index is -3.07. The van der Waals surface area contributed by atoms with Crippen molar-refractivity contribution in [1.82, 2.24) is 24.8 Å². The van der Waals surface area contributed by atoms with Gasteiger partial charge in [0.2, 0.25) is 0 Å². The van der Waals surface area contributed by atoms with Gasteiger partial charge in [0.15, 0.2) is 5.65 Å². The summed E-state index contributed by atoms with van der Waals surface area (Å²) in [6, 6.07) is 13.2. The van der Waals surface area contributed by atoms with Crippen LogP contribution in [0.1, 0.15) is 15.9 Å². The van der Waals surface area contributed by atoms with Crippen molar-refractivity contribution >= 4 is 17.2 Å². The number of ether oxygens (including phenoxy) is 2. The predicted molar refractivity (Wildman–Crippen MR) is 126 cm³/mol. The maximum absolute atomic E-state index is 13.1. The SMILES string of the molecule is NCc1ccc(Oc2ccc(OC(F)F)c(-c3n[nH]cc3NC(=O)c3cnn4cccnc34)c2)cc1. The molecule has 10 nitrogen and oxygen atoms in total. The Balaban J connectivity index is 1.47. The van der Waals surface area contributed by atoms with Crippen LogP contribution in [0.2, 0.25) is 0 Å². The first kappa shape index (κ1) is 22.9. The predicted octanol–water partition coefficient (Wildman–Crippen LogP) is 4.22. The van der Waals surface area contributed by atoms with Gasteiger partial charge in [-0.3, -0.25) is 9.89 Å². The molecule has 0 aliphatic rings. The fourth-order valence-electron chi connectivity index (χ4n) is 3.55. The van der Waals surface area contributed by atoms with Crippen LogP contribution in [-0.2, 0) is 6.54 Å². The molecule has 0 saturated carbocycles. The van der Waals surface area contributed by atoms with Crippen LogP contribution in [-0.4, -0.2) is 37.3 Å². The third-order valence-corrected chi connectivity index (χ3v) is 5.23. The van der Waals surface area contributed by atoms with E-state index in [1.165, 1.54) is 35.1 Å². The van der Waals surface area contributed by atoms with Gasteiger partial charge in [0.05, 0.1) is 17.4 Å².